The van der Waals surface area contributed by atoms with E-state index in [4.69, 9.17) is 10.2 Å². The SMILES string of the molecule is CCCCN(CCO)Cc1ccsc1C(=O)O. The van der Waals surface area contributed by atoms with Gasteiger partial charge in [0.2, 0.25) is 0 Å². The largest absolute Gasteiger partial charge is 0.477 e. The van der Waals surface area contributed by atoms with Crippen LogP contribution < -0.4 is 0 Å². The van der Waals surface area contributed by atoms with Crippen molar-refractivity contribution in [3.63, 3.8) is 0 Å². The van der Waals surface area contributed by atoms with Gasteiger partial charge in [-0.15, -0.1) is 11.3 Å². The molecule has 0 aliphatic carbocycles. The van der Waals surface area contributed by atoms with Crippen LogP contribution in [0, 0.1) is 0 Å². The zero-order valence-corrected chi connectivity index (χ0v) is 10.9. The Bertz CT molecular complexity index is 351. The van der Waals surface area contributed by atoms with E-state index in [1.807, 2.05) is 6.07 Å². The van der Waals surface area contributed by atoms with Crippen LogP contribution in [-0.2, 0) is 6.54 Å². The Hall–Kier alpha value is -0.910. The Labute approximate surface area is 106 Å². The monoisotopic (exact) mass is 257 g/mol. The molecule has 0 fully saturated rings. The maximum Gasteiger partial charge on any atom is 0.346 e. The average molecular weight is 257 g/mol. The number of aliphatic hydroxyl groups is 1. The van der Waals surface area contributed by atoms with Crippen molar-refractivity contribution in [3.8, 4) is 0 Å². The summed E-state index contributed by atoms with van der Waals surface area (Å²) in [4.78, 5) is 13.5. The molecule has 0 aromatic carbocycles. The number of carbonyl (C=O) groups is 1. The normalized spacial score (nSPS) is 11.0. The summed E-state index contributed by atoms with van der Waals surface area (Å²) in [6, 6.07) is 1.85. The van der Waals surface area contributed by atoms with Crippen LogP contribution in [-0.4, -0.2) is 40.8 Å². The predicted molar refractivity (Wildman–Crippen MR) is 68.5 cm³/mol. The summed E-state index contributed by atoms with van der Waals surface area (Å²) in [5.74, 6) is -0.866. The van der Waals surface area contributed by atoms with Gasteiger partial charge in [0.05, 0.1) is 6.61 Å². The van der Waals surface area contributed by atoms with Gasteiger partial charge in [0.25, 0.3) is 0 Å². The van der Waals surface area contributed by atoms with E-state index < -0.39 is 5.97 Å². The van der Waals surface area contributed by atoms with Crippen molar-refractivity contribution in [2.45, 2.75) is 26.3 Å². The molecule has 2 N–H and O–H groups in total. The second kappa shape index (κ2) is 7.42. The lowest BCUT2D eigenvalue weighted by Gasteiger charge is -2.20. The Balaban J connectivity index is 2.64. The Morgan fingerprint density at radius 1 is 1.47 bits per heavy atom. The molecule has 0 spiro atoms. The smallest absolute Gasteiger partial charge is 0.346 e. The maximum atomic E-state index is 11.0. The summed E-state index contributed by atoms with van der Waals surface area (Å²) >= 11 is 1.25. The van der Waals surface area contributed by atoms with Gasteiger partial charge in [-0.3, -0.25) is 4.90 Å². The summed E-state index contributed by atoms with van der Waals surface area (Å²) in [5, 5.41) is 19.8. The summed E-state index contributed by atoms with van der Waals surface area (Å²) < 4.78 is 0. The van der Waals surface area contributed by atoms with Crippen molar-refractivity contribution in [1.82, 2.24) is 4.90 Å². The first-order valence-electron chi connectivity index (χ1n) is 5.82. The number of thiophene rings is 1. The highest BCUT2D eigenvalue weighted by molar-refractivity contribution is 7.12. The molecule has 17 heavy (non-hydrogen) atoms. The molecular formula is C12H19NO3S. The van der Waals surface area contributed by atoms with Crippen LogP contribution in [0.25, 0.3) is 0 Å². The molecule has 0 atom stereocenters. The molecule has 0 radical (unpaired) electrons. The quantitative estimate of drug-likeness (QED) is 0.748. The highest BCUT2D eigenvalue weighted by Gasteiger charge is 2.14. The Kier molecular flexibility index (Phi) is 6.18. The molecule has 0 aliphatic rings. The molecule has 1 aromatic rings. The van der Waals surface area contributed by atoms with Gasteiger partial charge in [0.1, 0.15) is 4.88 Å². The number of carboxylic acids is 1. The maximum absolute atomic E-state index is 11.0. The van der Waals surface area contributed by atoms with Crippen LogP contribution in [0.1, 0.15) is 35.0 Å². The zero-order chi connectivity index (χ0) is 12.7. The molecular weight excluding hydrogens is 238 g/mol. The molecule has 96 valence electrons. The minimum atomic E-state index is -0.866. The molecule has 1 heterocycles. The van der Waals surface area contributed by atoms with Crippen LogP contribution >= 0.6 is 11.3 Å². The lowest BCUT2D eigenvalue weighted by molar-refractivity contribution is 0.0700. The standard InChI is InChI=1S/C12H19NO3S/c1-2-3-5-13(6-7-14)9-10-4-8-17-11(10)12(15)16/h4,8,14H,2-3,5-7,9H2,1H3,(H,15,16). The van der Waals surface area contributed by atoms with E-state index in [9.17, 15) is 4.79 Å². The van der Waals surface area contributed by atoms with Crippen molar-refractivity contribution < 1.29 is 15.0 Å². The van der Waals surface area contributed by atoms with Crippen molar-refractivity contribution in [2.75, 3.05) is 19.7 Å². The Morgan fingerprint density at radius 2 is 2.24 bits per heavy atom. The number of aromatic carboxylic acids is 1. The van der Waals surface area contributed by atoms with Crippen LogP contribution in [0.2, 0.25) is 0 Å². The summed E-state index contributed by atoms with van der Waals surface area (Å²) in [7, 11) is 0. The van der Waals surface area contributed by atoms with Gasteiger partial charge >= 0.3 is 5.97 Å². The van der Waals surface area contributed by atoms with Crippen LogP contribution in [0.15, 0.2) is 11.4 Å². The van der Waals surface area contributed by atoms with Crippen molar-refractivity contribution in [2.24, 2.45) is 0 Å². The third-order valence-electron chi connectivity index (χ3n) is 2.58. The first-order chi connectivity index (χ1) is 8.19. The number of carboxylic acid groups (broad SMARTS) is 1. The van der Waals surface area contributed by atoms with Gasteiger partial charge in [0, 0.05) is 13.1 Å². The minimum absolute atomic E-state index is 0.107. The molecule has 0 unspecified atom stereocenters. The van der Waals surface area contributed by atoms with Gasteiger partial charge in [-0.2, -0.15) is 0 Å². The third-order valence-corrected chi connectivity index (χ3v) is 3.52. The van der Waals surface area contributed by atoms with E-state index in [0.717, 1.165) is 24.9 Å². The highest BCUT2D eigenvalue weighted by atomic mass is 32.1. The second-order valence-corrected chi connectivity index (χ2v) is 4.85. The van der Waals surface area contributed by atoms with E-state index in [0.29, 0.717) is 18.0 Å². The van der Waals surface area contributed by atoms with Gasteiger partial charge in [-0.25, -0.2) is 4.79 Å². The van der Waals surface area contributed by atoms with E-state index in [1.54, 1.807) is 5.38 Å². The van der Waals surface area contributed by atoms with Gasteiger partial charge in [0.15, 0.2) is 0 Å². The molecule has 5 heteroatoms. The number of nitrogens with zero attached hydrogens (tertiary/aromatic N) is 1. The van der Waals surface area contributed by atoms with E-state index in [-0.39, 0.29) is 6.61 Å². The third kappa shape index (κ3) is 4.46. The average Bonchev–Trinajstić information content (AvgIpc) is 2.74. The molecule has 1 aromatic heterocycles. The lowest BCUT2D eigenvalue weighted by Crippen LogP contribution is -2.28. The van der Waals surface area contributed by atoms with Crippen molar-refractivity contribution >= 4 is 17.3 Å². The van der Waals surface area contributed by atoms with Crippen LogP contribution in [0.5, 0.6) is 0 Å². The molecule has 0 bridgehead atoms. The number of aliphatic hydroxyl groups excluding tert-OH is 1. The van der Waals surface area contributed by atoms with Gasteiger partial charge < -0.3 is 10.2 Å². The van der Waals surface area contributed by atoms with E-state index in [1.165, 1.54) is 11.3 Å². The van der Waals surface area contributed by atoms with Crippen LogP contribution in [0.4, 0.5) is 0 Å². The topological polar surface area (TPSA) is 60.8 Å². The first-order valence-corrected chi connectivity index (χ1v) is 6.69. The molecule has 4 nitrogen and oxygen atoms in total. The second-order valence-electron chi connectivity index (χ2n) is 3.93. The fraction of sp³-hybridized carbons (Fsp3) is 0.583. The Morgan fingerprint density at radius 3 is 2.82 bits per heavy atom. The van der Waals surface area contributed by atoms with Crippen LogP contribution in [0.3, 0.4) is 0 Å². The van der Waals surface area contributed by atoms with E-state index in [2.05, 4.69) is 11.8 Å². The van der Waals surface area contributed by atoms with Crippen molar-refractivity contribution in [1.29, 1.82) is 0 Å². The van der Waals surface area contributed by atoms with Gasteiger partial charge in [-0.05, 0) is 30.0 Å². The summed E-state index contributed by atoms with van der Waals surface area (Å²) in [6.45, 7) is 4.31. The number of hydrogen-bond donors (Lipinski definition) is 2. The molecule has 0 amide bonds. The first kappa shape index (κ1) is 14.2. The fourth-order valence-corrected chi connectivity index (χ4v) is 2.43. The minimum Gasteiger partial charge on any atom is -0.477 e. The molecule has 1 rings (SSSR count). The molecule has 0 aliphatic heterocycles. The fourth-order valence-electron chi connectivity index (χ4n) is 1.68. The van der Waals surface area contributed by atoms with Crippen molar-refractivity contribution in [3.05, 3.63) is 21.9 Å². The van der Waals surface area contributed by atoms with Gasteiger partial charge in [-0.1, -0.05) is 13.3 Å². The summed E-state index contributed by atoms with van der Waals surface area (Å²) in [5.41, 5.74) is 0.840. The molecule has 0 saturated carbocycles. The highest BCUT2D eigenvalue weighted by Crippen LogP contribution is 2.18. The summed E-state index contributed by atoms with van der Waals surface area (Å²) in [6.07, 6.45) is 2.16. The molecule has 0 saturated heterocycles. The number of hydrogen-bond acceptors (Lipinski definition) is 4. The number of rotatable bonds is 8. The lowest BCUT2D eigenvalue weighted by atomic mass is 10.2. The predicted octanol–water partition coefficient (Wildman–Crippen LogP) is 2.04. The zero-order valence-electron chi connectivity index (χ0n) is 10.1. The number of unbranched alkanes of at least 4 members (excludes halogenated alkanes) is 1. The van der Waals surface area contributed by atoms with E-state index >= 15 is 0 Å².